The highest BCUT2D eigenvalue weighted by molar-refractivity contribution is 5.94. The Balaban J connectivity index is 1.83. The Kier molecular flexibility index (Phi) is 2.62. The number of pyridine rings is 1. The molecular weight excluding hydrogens is 298 g/mol. The Bertz CT molecular complexity index is 1120. The van der Waals surface area contributed by atoms with Crippen LogP contribution in [0.5, 0.6) is 0 Å². The number of nitrogens with two attached hydrogens (primary N) is 1. The van der Waals surface area contributed by atoms with Gasteiger partial charge in [-0.25, -0.2) is 4.98 Å². The zero-order valence-corrected chi connectivity index (χ0v) is 13.2. The molecule has 1 aliphatic rings. The van der Waals surface area contributed by atoms with Gasteiger partial charge in [0.05, 0.1) is 11.1 Å². The molecule has 3 aromatic heterocycles. The van der Waals surface area contributed by atoms with Gasteiger partial charge in [0.15, 0.2) is 11.5 Å². The molecule has 0 saturated carbocycles. The summed E-state index contributed by atoms with van der Waals surface area (Å²) < 4.78 is 0. The number of aromatic nitrogens is 4. The van der Waals surface area contributed by atoms with Gasteiger partial charge in [-0.15, -0.1) is 0 Å². The number of fused-ring (bicyclic) bond motifs is 4. The van der Waals surface area contributed by atoms with Crippen molar-refractivity contribution in [2.75, 3.05) is 5.73 Å². The topological polar surface area (TPSA) is 83.4 Å². The smallest absolute Gasteiger partial charge is 0.158 e. The minimum Gasteiger partial charge on any atom is -0.382 e. The number of rotatable bonds is 1. The van der Waals surface area contributed by atoms with Crippen LogP contribution in [-0.2, 0) is 12.8 Å². The number of allylic oxidation sites excluding steroid dienone is 1. The van der Waals surface area contributed by atoms with Gasteiger partial charge in [-0.05, 0) is 47.9 Å². The van der Waals surface area contributed by atoms with Crippen molar-refractivity contribution < 1.29 is 0 Å². The second-order valence-corrected chi connectivity index (χ2v) is 6.46. The average Bonchev–Trinajstić information content (AvgIpc) is 3.20. The van der Waals surface area contributed by atoms with Crippen molar-refractivity contribution >= 4 is 27.8 Å². The van der Waals surface area contributed by atoms with E-state index in [2.05, 4.69) is 46.0 Å². The first-order chi connectivity index (χ1) is 11.7. The molecule has 0 unspecified atom stereocenters. The summed E-state index contributed by atoms with van der Waals surface area (Å²) in [4.78, 5) is 8.13. The van der Waals surface area contributed by atoms with Gasteiger partial charge in [-0.1, -0.05) is 24.3 Å². The van der Waals surface area contributed by atoms with Gasteiger partial charge in [-0.3, -0.25) is 5.10 Å². The monoisotopic (exact) mass is 315 g/mol. The third kappa shape index (κ3) is 1.81. The highest BCUT2D eigenvalue weighted by Gasteiger charge is 2.23. The van der Waals surface area contributed by atoms with Gasteiger partial charge >= 0.3 is 0 Å². The second kappa shape index (κ2) is 4.71. The SMILES string of the molecule is C=C1CCc2c(-c3ccc4cc[nH]c4c3)nc3[nH]nc(N)c3c2C1. The molecule has 5 nitrogen and oxygen atoms in total. The summed E-state index contributed by atoms with van der Waals surface area (Å²) >= 11 is 0. The molecule has 0 aliphatic heterocycles. The van der Waals surface area contributed by atoms with Crippen LogP contribution < -0.4 is 5.73 Å². The molecule has 4 N–H and O–H groups in total. The van der Waals surface area contributed by atoms with Crippen LogP contribution >= 0.6 is 0 Å². The summed E-state index contributed by atoms with van der Waals surface area (Å²) in [6.45, 7) is 4.17. The first kappa shape index (κ1) is 13.4. The van der Waals surface area contributed by atoms with E-state index >= 15 is 0 Å². The number of aromatic amines is 2. The summed E-state index contributed by atoms with van der Waals surface area (Å²) in [5.74, 6) is 0.523. The first-order valence-corrected chi connectivity index (χ1v) is 8.10. The van der Waals surface area contributed by atoms with Crippen molar-refractivity contribution in [3.05, 3.63) is 53.7 Å². The average molecular weight is 315 g/mol. The Labute approximate surface area is 138 Å². The minimum atomic E-state index is 0.523. The van der Waals surface area contributed by atoms with Gasteiger partial charge in [-0.2, -0.15) is 5.10 Å². The molecule has 4 aromatic rings. The number of hydrogen-bond donors (Lipinski definition) is 3. The number of nitrogens with one attached hydrogen (secondary N) is 2. The lowest BCUT2D eigenvalue weighted by atomic mass is 9.85. The minimum absolute atomic E-state index is 0.523. The highest BCUT2D eigenvalue weighted by atomic mass is 15.2. The molecule has 5 rings (SSSR count). The van der Waals surface area contributed by atoms with Crippen LogP contribution in [0.4, 0.5) is 5.82 Å². The molecule has 0 saturated heterocycles. The van der Waals surface area contributed by atoms with Gasteiger partial charge in [0.25, 0.3) is 0 Å². The molecule has 0 spiro atoms. The lowest BCUT2D eigenvalue weighted by molar-refractivity contribution is 0.844. The number of H-pyrrole nitrogens is 2. The third-order valence-electron chi connectivity index (χ3n) is 4.93. The lowest BCUT2D eigenvalue weighted by Gasteiger charge is -2.21. The fraction of sp³-hybridized carbons (Fsp3) is 0.158. The number of hydrogen-bond acceptors (Lipinski definition) is 3. The summed E-state index contributed by atoms with van der Waals surface area (Å²) in [6.07, 6.45) is 4.74. The van der Waals surface area contributed by atoms with Crippen molar-refractivity contribution in [2.45, 2.75) is 19.3 Å². The molecule has 1 aromatic carbocycles. The fourth-order valence-corrected chi connectivity index (χ4v) is 3.74. The predicted molar refractivity (Wildman–Crippen MR) is 96.8 cm³/mol. The second-order valence-electron chi connectivity index (χ2n) is 6.46. The highest BCUT2D eigenvalue weighted by Crippen LogP contribution is 2.38. The largest absolute Gasteiger partial charge is 0.382 e. The summed E-state index contributed by atoms with van der Waals surface area (Å²) in [7, 11) is 0. The molecule has 0 atom stereocenters. The van der Waals surface area contributed by atoms with E-state index in [1.54, 1.807) is 0 Å². The van der Waals surface area contributed by atoms with E-state index in [-0.39, 0.29) is 0 Å². The van der Waals surface area contributed by atoms with Crippen molar-refractivity contribution in [3.63, 3.8) is 0 Å². The van der Waals surface area contributed by atoms with E-state index in [9.17, 15) is 0 Å². The van der Waals surface area contributed by atoms with E-state index in [1.807, 2.05) is 6.20 Å². The zero-order chi connectivity index (χ0) is 16.3. The molecule has 5 heteroatoms. The molecule has 0 fully saturated rings. The molecule has 3 heterocycles. The Morgan fingerprint density at radius 2 is 2.04 bits per heavy atom. The van der Waals surface area contributed by atoms with Gasteiger partial charge in [0.2, 0.25) is 0 Å². The Morgan fingerprint density at radius 3 is 2.96 bits per heavy atom. The van der Waals surface area contributed by atoms with Crippen molar-refractivity contribution in [1.82, 2.24) is 20.2 Å². The molecule has 118 valence electrons. The molecular formula is C19H17N5. The van der Waals surface area contributed by atoms with Gasteiger partial charge < -0.3 is 10.7 Å². The quantitative estimate of drug-likeness (QED) is 0.468. The molecule has 1 aliphatic carbocycles. The lowest BCUT2D eigenvalue weighted by Crippen LogP contribution is -2.09. The molecule has 0 amide bonds. The van der Waals surface area contributed by atoms with Crippen molar-refractivity contribution in [2.24, 2.45) is 0 Å². The maximum absolute atomic E-state index is 6.08. The zero-order valence-electron chi connectivity index (χ0n) is 13.2. The van der Waals surface area contributed by atoms with Crippen LogP contribution in [0, 0.1) is 0 Å². The van der Waals surface area contributed by atoms with Crippen LogP contribution in [-0.4, -0.2) is 20.2 Å². The van der Waals surface area contributed by atoms with E-state index in [4.69, 9.17) is 10.7 Å². The summed E-state index contributed by atoms with van der Waals surface area (Å²) in [5.41, 5.74) is 13.8. The number of nitrogen functional groups attached to an aromatic ring is 1. The van der Waals surface area contributed by atoms with Crippen molar-refractivity contribution in [3.8, 4) is 11.3 Å². The van der Waals surface area contributed by atoms with E-state index in [0.717, 1.165) is 47.1 Å². The maximum atomic E-state index is 6.08. The Morgan fingerprint density at radius 1 is 1.12 bits per heavy atom. The summed E-state index contributed by atoms with van der Waals surface area (Å²) in [6, 6.07) is 8.49. The van der Waals surface area contributed by atoms with Crippen LogP contribution in [0.2, 0.25) is 0 Å². The first-order valence-electron chi connectivity index (χ1n) is 8.10. The molecule has 24 heavy (non-hydrogen) atoms. The maximum Gasteiger partial charge on any atom is 0.158 e. The van der Waals surface area contributed by atoms with Gasteiger partial charge in [0.1, 0.15) is 0 Å². The van der Waals surface area contributed by atoms with Crippen molar-refractivity contribution in [1.29, 1.82) is 0 Å². The van der Waals surface area contributed by atoms with Crippen LogP contribution in [0.15, 0.2) is 42.6 Å². The third-order valence-corrected chi connectivity index (χ3v) is 4.93. The number of nitrogens with zero attached hydrogens (tertiary/aromatic N) is 2. The van der Waals surface area contributed by atoms with Crippen LogP contribution in [0.25, 0.3) is 33.2 Å². The van der Waals surface area contributed by atoms with Gasteiger partial charge in [0, 0.05) is 17.3 Å². The summed E-state index contributed by atoms with van der Waals surface area (Å²) in [5, 5.41) is 9.29. The Hall–Kier alpha value is -3.08. The number of anilines is 1. The number of benzene rings is 1. The molecule has 0 bridgehead atoms. The van der Waals surface area contributed by atoms with Crippen LogP contribution in [0.1, 0.15) is 17.5 Å². The fourth-order valence-electron chi connectivity index (χ4n) is 3.74. The van der Waals surface area contributed by atoms with E-state index in [0.29, 0.717) is 5.82 Å². The normalized spacial score (nSPS) is 14.4. The standard InChI is InChI=1S/C19H17N5/c1-10-2-5-13-14(8-10)16-18(20)23-24-19(16)22-17(13)12-4-3-11-6-7-21-15(11)9-12/h3-4,6-7,9,21H,1-2,5,8H2,(H3,20,22,23,24). The predicted octanol–water partition coefficient (Wildman–Crippen LogP) is 3.73. The van der Waals surface area contributed by atoms with E-state index in [1.165, 1.54) is 22.1 Å². The van der Waals surface area contributed by atoms with E-state index < -0.39 is 0 Å². The van der Waals surface area contributed by atoms with Crippen LogP contribution in [0.3, 0.4) is 0 Å². The molecule has 0 radical (unpaired) electrons.